The molecule has 1 aromatic carbocycles. The molecule has 0 bridgehead atoms. The minimum atomic E-state index is -4.04. The Morgan fingerprint density at radius 1 is 1.35 bits per heavy atom. The van der Waals surface area contributed by atoms with E-state index in [1.54, 1.807) is 4.90 Å². The number of sulfonamides is 1. The van der Waals surface area contributed by atoms with Gasteiger partial charge in [0.05, 0.1) is 4.90 Å². The largest absolute Gasteiger partial charge is 0.334 e. The van der Waals surface area contributed by atoms with Crippen molar-refractivity contribution < 1.29 is 17.6 Å². The molecule has 0 saturated carbocycles. The zero-order valence-corrected chi connectivity index (χ0v) is 12.2. The predicted octanol–water partition coefficient (Wildman–Crippen LogP) is 1.49. The summed E-state index contributed by atoms with van der Waals surface area (Å²) in [6, 6.07) is 2.96. The molecule has 7 heteroatoms. The van der Waals surface area contributed by atoms with Gasteiger partial charge in [-0.25, -0.2) is 17.9 Å². The number of carbonyl (C=O) groups is 1. The number of hydrogen-bond donors (Lipinski definition) is 1. The standard InChI is InChI=1S/C13H17FN2O3S/c1-13(2)4-3-5-16(13)12(17)9-6-10(14)8-11(7-9)20(15,18)19/h6-8H,3-5H2,1-2H3,(H2,15,18,19). The molecule has 0 aromatic heterocycles. The van der Waals surface area contributed by atoms with Crippen molar-refractivity contribution in [2.24, 2.45) is 5.14 Å². The van der Waals surface area contributed by atoms with Crippen LogP contribution in [0, 0.1) is 5.82 Å². The maximum Gasteiger partial charge on any atom is 0.254 e. The fourth-order valence-electron chi connectivity index (χ4n) is 2.49. The van der Waals surface area contributed by atoms with Crippen molar-refractivity contribution in [1.82, 2.24) is 4.90 Å². The van der Waals surface area contributed by atoms with E-state index in [2.05, 4.69) is 0 Å². The summed E-state index contributed by atoms with van der Waals surface area (Å²) in [5, 5.41) is 4.98. The van der Waals surface area contributed by atoms with Gasteiger partial charge in [0.2, 0.25) is 10.0 Å². The van der Waals surface area contributed by atoms with Gasteiger partial charge in [-0.05, 0) is 44.9 Å². The number of halogens is 1. The van der Waals surface area contributed by atoms with E-state index in [1.807, 2.05) is 13.8 Å². The van der Waals surface area contributed by atoms with Crippen molar-refractivity contribution in [3.8, 4) is 0 Å². The summed E-state index contributed by atoms with van der Waals surface area (Å²) in [5.74, 6) is -1.17. The van der Waals surface area contributed by atoms with Gasteiger partial charge in [0.25, 0.3) is 5.91 Å². The van der Waals surface area contributed by atoms with E-state index in [9.17, 15) is 17.6 Å². The first-order valence-corrected chi connectivity index (χ1v) is 7.81. The quantitative estimate of drug-likeness (QED) is 0.898. The van der Waals surface area contributed by atoms with Crippen LogP contribution in [0.15, 0.2) is 23.1 Å². The van der Waals surface area contributed by atoms with Crippen LogP contribution in [0.2, 0.25) is 0 Å². The van der Waals surface area contributed by atoms with Crippen molar-refractivity contribution in [3.63, 3.8) is 0 Å². The van der Waals surface area contributed by atoms with Gasteiger partial charge < -0.3 is 4.90 Å². The number of rotatable bonds is 2. The van der Waals surface area contributed by atoms with Crippen LogP contribution in [0.4, 0.5) is 4.39 Å². The van der Waals surface area contributed by atoms with Gasteiger partial charge in [-0.2, -0.15) is 0 Å². The molecule has 1 fully saturated rings. The Labute approximate surface area is 117 Å². The summed E-state index contributed by atoms with van der Waals surface area (Å²) >= 11 is 0. The Morgan fingerprint density at radius 3 is 2.50 bits per heavy atom. The molecule has 1 saturated heterocycles. The minimum absolute atomic E-state index is 0.00370. The van der Waals surface area contributed by atoms with Crippen LogP contribution >= 0.6 is 0 Å². The number of primary sulfonamides is 1. The number of likely N-dealkylation sites (tertiary alicyclic amines) is 1. The van der Waals surface area contributed by atoms with Gasteiger partial charge in [-0.15, -0.1) is 0 Å². The first-order chi connectivity index (χ1) is 9.11. The molecule has 0 aliphatic carbocycles. The average Bonchev–Trinajstić information content (AvgIpc) is 2.66. The molecule has 2 N–H and O–H groups in total. The normalized spacial score (nSPS) is 18.3. The molecule has 1 aliphatic heterocycles. The van der Waals surface area contributed by atoms with E-state index in [0.29, 0.717) is 6.54 Å². The summed E-state index contributed by atoms with van der Waals surface area (Å²) in [7, 11) is -4.04. The third kappa shape index (κ3) is 2.83. The van der Waals surface area contributed by atoms with Crippen molar-refractivity contribution in [2.75, 3.05) is 6.54 Å². The van der Waals surface area contributed by atoms with Gasteiger partial charge in [-0.3, -0.25) is 4.79 Å². The second-order valence-electron chi connectivity index (χ2n) is 5.59. The Kier molecular flexibility index (Phi) is 3.60. The van der Waals surface area contributed by atoms with Crippen molar-refractivity contribution in [1.29, 1.82) is 0 Å². The van der Waals surface area contributed by atoms with Crippen molar-refractivity contribution in [2.45, 2.75) is 37.1 Å². The lowest BCUT2D eigenvalue weighted by molar-refractivity contribution is 0.0651. The molecule has 20 heavy (non-hydrogen) atoms. The third-order valence-corrected chi connectivity index (χ3v) is 4.49. The van der Waals surface area contributed by atoms with E-state index in [0.717, 1.165) is 31.0 Å². The predicted molar refractivity (Wildman–Crippen MR) is 72.1 cm³/mol. The zero-order valence-electron chi connectivity index (χ0n) is 11.4. The molecule has 0 spiro atoms. The number of hydrogen-bond acceptors (Lipinski definition) is 3. The Hall–Kier alpha value is -1.47. The van der Waals surface area contributed by atoms with Crippen LogP contribution in [-0.2, 0) is 10.0 Å². The lowest BCUT2D eigenvalue weighted by Crippen LogP contribution is -2.42. The molecule has 1 heterocycles. The number of benzene rings is 1. The average molecular weight is 300 g/mol. The summed E-state index contributed by atoms with van der Waals surface area (Å²) < 4.78 is 36.1. The highest BCUT2D eigenvalue weighted by molar-refractivity contribution is 7.89. The molecular weight excluding hydrogens is 283 g/mol. The third-order valence-electron chi connectivity index (χ3n) is 3.59. The van der Waals surface area contributed by atoms with Gasteiger partial charge in [-0.1, -0.05) is 0 Å². The van der Waals surface area contributed by atoms with Gasteiger partial charge >= 0.3 is 0 Å². The van der Waals surface area contributed by atoms with Crippen LogP contribution < -0.4 is 5.14 Å². The lowest BCUT2D eigenvalue weighted by atomic mass is 10.0. The van der Waals surface area contributed by atoms with Crippen LogP contribution in [0.5, 0.6) is 0 Å². The SMILES string of the molecule is CC1(C)CCCN1C(=O)c1cc(F)cc(S(N)(=O)=O)c1. The molecule has 0 radical (unpaired) electrons. The molecule has 1 amide bonds. The highest BCUT2D eigenvalue weighted by Crippen LogP contribution is 2.30. The number of nitrogens with zero attached hydrogens (tertiary/aromatic N) is 1. The maximum absolute atomic E-state index is 13.5. The first-order valence-electron chi connectivity index (χ1n) is 6.27. The molecule has 1 aliphatic rings. The molecule has 2 rings (SSSR count). The fraction of sp³-hybridized carbons (Fsp3) is 0.462. The molecule has 0 atom stereocenters. The lowest BCUT2D eigenvalue weighted by Gasteiger charge is -2.31. The number of carbonyl (C=O) groups excluding carboxylic acids is 1. The van der Waals surface area contributed by atoms with E-state index in [-0.39, 0.29) is 17.0 Å². The van der Waals surface area contributed by atoms with Gasteiger partial charge in [0, 0.05) is 17.6 Å². The minimum Gasteiger partial charge on any atom is -0.334 e. The number of nitrogens with two attached hydrogens (primary N) is 1. The van der Waals surface area contributed by atoms with E-state index in [4.69, 9.17) is 5.14 Å². The second kappa shape index (κ2) is 4.82. The molecule has 110 valence electrons. The fourth-order valence-corrected chi connectivity index (χ4v) is 3.06. The van der Waals surface area contributed by atoms with Crippen molar-refractivity contribution in [3.05, 3.63) is 29.6 Å². The van der Waals surface area contributed by atoms with E-state index >= 15 is 0 Å². The summed E-state index contributed by atoms with van der Waals surface area (Å²) in [4.78, 5) is 13.7. The van der Waals surface area contributed by atoms with Gasteiger partial charge in [0.1, 0.15) is 5.82 Å². The zero-order chi connectivity index (χ0) is 15.1. The molecule has 0 unspecified atom stereocenters. The topological polar surface area (TPSA) is 80.5 Å². The van der Waals surface area contributed by atoms with E-state index < -0.39 is 20.7 Å². The highest BCUT2D eigenvalue weighted by atomic mass is 32.2. The first kappa shape index (κ1) is 14.9. The van der Waals surface area contributed by atoms with E-state index in [1.165, 1.54) is 0 Å². The summed E-state index contributed by atoms with van der Waals surface area (Å²) in [6.07, 6.45) is 1.73. The van der Waals surface area contributed by atoms with Crippen LogP contribution in [0.25, 0.3) is 0 Å². The molecular formula is C13H17FN2O3S. The smallest absolute Gasteiger partial charge is 0.254 e. The Morgan fingerprint density at radius 2 is 2.00 bits per heavy atom. The molecule has 5 nitrogen and oxygen atoms in total. The van der Waals surface area contributed by atoms with Crippen LogP contribution in [0.3, 0.4) is 0 Å². The maximum atomic E-state index is 13.5. The Bertz CT molecular complexity index is 656. The number of amides is 1. The highest BCUT2D eigenvalue weighted by Gasteiger charge is 2.36. The van der Waals surface area contributed by atoms with Crippen LogP contribution in [-0.4, -0.2) is 31.3 Å². The monoisotopic (exact) mass is 300 g/mol. The summed E-state index contributed by atoms with van der Waals surface area (Å²) in [6.45, 7) is 4.43. The second-order valence-corrected chi connectivity index (χ2v) is 7.15. The van der Waals surface area contributed by atoms with Gasteiger partial charge in [0.15, 0.2) is 0 Å². The Balaban J connectivity index is 2.43. The summed E-state index contributed by atoms with van der Waals surface area (Å²) in [5.41, 5.74) is -0.311. The van der Waals surface area contributed by atoms with Crippen molar-refractivity contribution >= 4 is 15.9 Å². The molecule has 1 aromatic rings. The van der Waals surface area contributed by atoms with Crippen LogP contribution in [0.1, 0.15) is 37.0 Å².